The molecule has 3 nitrogen and oxygen atoms in total. The smallest absolute Gasteiger partial charge is 0.123 e. The van der Waals surface area contributed by atoms with Gasteiger partial charge in [-0.15, -0.1) is 0 Å². The maximum atomic E-state index is 5.63. The number of rotatable bonds is 4. The molecule has 96 valence electrons. The van der Waals surface area contributed by atoms with E-state index in [4.69, 9.17) is 13.9 Å². The predicted octanol–water partition coefficient (Wildman–Crippen LogP) is 4.09. The number of furan rings is 1. The lowest BCUT2D eigenvalue weighted by Crippen LogP contribution is -1.97. The minimum absolute atomic E-state index is 0.0590. The molecule has 0 saturated carbocycles. The molecule has 0 saturated heterocycles. The maximum absolute atomic E-state index is 5.63. The minimum atomic E-state index is -0.0590. The van der Waals surface area contributed by atoms with E-state index in [-0.39, 0.29) is 4.83 Å². The van der Waals surface area contributed by atoms with Gasteiger partial charge in [-0.1, -0.05) is 15.9 Å². The normalized spacial score (nSPS) is 12.2. The van der Waals surface area contributed by atoms with E-state index in [0.717, 1.165) is 28.6 Å². The van der Waals surface area contributed by atoms with Gasteiger partial charge in [-0.25, -0.2) is 0 Å². The average molecular weight is 311 g/mol. The summed E-state index contributed by atoms with van der Waals surface area (Å²) in [7, 11) is 3.30. The van der Waals surface area contributed by atoms with Crippen LogP contribution in [-0.2, 0) is 0 Å². The Morgan fingerprint density at radius 2 is 1.89 bits per heavy atom. The fraction of sp³-hybridized carbons (Fsp3) is 0.286. The zero-order valence-electron chi connectivity index (χ0n) is 10.6. The summed E-state index contributed by atoms with van der Waals surface area (Å²) >= 11 is 3.63. The molecule has 0 radical (unpaired) electrons. The number of alkyl halides is 1. The Balaban J connectivity index is 2.41. The van der Waals surface area contributed by atoms with Gasteiger partial charge in [-0.05, 0) is 37.3 Å². The Kier molecular flexibility index (Phi) is 3.97. The number of aryl methyl sites for hydroxylation is 1. The van der Waals surface area contributed by atoms with Crippen molar-refractivity contribution in [2.24, 2.45) is 0 Å². The second kappa shape index (κ2) is 5.48. The van der Waals surface area contributed by atoms with Crippen molar-refractivity contribution in [2.75, 3.05) is 14.2 Å². The molecule has 0 bridgehead atoms. The second-order valence-electron chi connectivity index (χ2n) is 3.92. The molecular weight excluding hydrogens is 296 g/mol. The Labute approximate surface area is 115 Å². The molecule has 1 heterocycles. The van der Waals surface area contributed by atoms with Gasteiger partial charge in [0.2, 0.25) is 0 Å². The van der Waals surface area contributed by atoms with Crippen molar-refractivity contribution in [3.05, 3.63) is 47.4 Å². The van der Waals surface area contributed by atoms with Gasteiger partial charge in [0.25, 0.3) is 0 Å². The Morgan fingerprint density at radius 1 is 1.11 bits per heavy atom. The highest BCUT2D eigenvalue weighted by atomic mass is 79.9. The van der Waals surface area contributed by atoms with Crippen molar-refractivity contribution >= 4 is 15.9 Å². The third-order valence-electron chi connectivity index (χ3n) is 2.72. The first-order valence-electron chi connectivity index (χ1n) is 5.58. The van der Waals surface area contributed by atoms with Crippen LogP contribution >= 0.6 is 15.9 Å². The average Bonchev–Trinajstić information content (AvgIpc) is 2.83. The van der Waals surface area contributed by atoms with E-state index in [9.17, 15) is 0 Å². The van der Waals surface area contributed by atoms with E-state index in [0.29, 0.717) is 0 Å². The zero-order valence-corrected chi connectivity index (χ0v) is 12.2. The van der Waals surface area contributed by atoms with Crippen LogP contribution in [0.1, 0.15) is 21.9 Å². The molecule has 1 aromatic carbocycles. The molecule has 2 rings (SSSR count). The molecular formula is C14H15BrO3. The summed E-state index contributed by atoms with van der Waals surface area (Å²) < 4.78 is 16.2. The number of hydrogen-bond donors (Lipinski definition) is 0. The maximum Gasteiger partial charge on any atom is 0.123 e. The van der Waals surface area contributed by atoms with Gasteiger partial charge in [0.1, 0.15) is 27.8 Å². The van der Waals surface area contributed by atoms with E-state index in [1.807, 2.05) is 37.3 Å². The van der Waals surface area contributed by atoms with Crippen LogP contribution in [0.5, 0.6) is 11.5 Å². The van der Waals surface area contributed by atoms with Gasteiger partial charge < -0.3 is 13.9 Å². The molecule has 0 N–H and O–H groups in total. The lowest BCUT2D eigenvalue weighted by Gasteiger charge is -2.13. The number of hydrogen-bond acceptors (Lipinski definition) is 3. The zero-order chi connectivity index (χ0) is 13.1. The van der Waals surface area contributed by atoms with Crippen molar-refractivity contribution in [3.63, 3.8) is 0 Å². The van der Waals surface area contributed by atoms with Crippen LogP contribution in [0.15, 0.2) is 34.7 Å². The highest BCUT2D eigenvalue weighted by Gasteiger charge is 2.19. The van der Waals surface area contributed by atoms with Crippen molar-refractivity contribution < 1.29 is 13.9 Å². The molecule has 4 heteroatoms. The molecule has 1 aromatic heterocycles. The van der Waals surface area contributed by atoms with Crippen LogP contribution in [0, 0.1) is 6.92 Å². The van der Waals surface area contributed by atoms with Gasteiger partial charge in [-0.3, -0.25) is 0 Å². The quantitative estimate of drug-likeness (QED) is 0.797. The van der Waals surface area contributed by atoms with E-state index >= 15 is 0 Å². The highest BCUT2D eigenvalue weighted by Crippen LogP contribution is 2.39. The molecule has 2 aromatic rings. The van der Waals surface area contributed by atoms with Crippen molar-refractivity contribution in [1.29, 1.82) is 0 Å². The first kappa shape index (κ1) is 13.0. The molecule has 0 aliphatic heterocycles. The molecule has 0 amide bonds. The van der Waals surface area contributed by atoms with E-state index in [1.165, 1.54) is 0 Å². The second-order valence-corrected chi connectivity index (χ2v) is 4.83. The number of ether oxygens (including phenoxy) is 2. The molecule has 1 atom stereocenters. The van der Waals surface area contributed by atoms with Gasteiger partial charge in [0, 0.05) is 5.56 Å². The number of methoxy groups -OCH3 is 2. The first-order chi connectivity index (χ1) is 8.65. The molecule has 0 fully saturated rings. The van der Waals surface area contributed by atoms with Crippen molar-refractivity contribution in [1.82, 2.24) is 0 Å². The molecule has 18 heavy (non-hydrogen) atoms. The van der Waals surface area contributed by atoms with Gasteiger partial charge in [-0.2, -0.15) is 0 Å². The van der Waals surface area contributed by atoms with Crippen molar-refractivity contribution in [2.45, 2.75) is 11.8 Å². The van der Waals surface area contributed by atoms with E-state index in [1.54, 1.807) is 14.2 Å². The lowest BCUT2D eigenvalue weighted by atomic mass is 10.1. The Bertz CT molecular complexity index is 534. The fourth-order valence-electron chi connectivity index (χ4n) is 1.78. The van der Waals surface area contributed by atoms with Crippen LogP contribution in [0.4, 0.5) is 0 Å². The standard InChI is InChI=1S/C14H15BrO3/c1-9-4-6-13(18-9)14(15)11-8-10(16-2)5-7-12(11)17-3/h4-8,14H,1-3H3. The van der Waals surface area contributed by atoms with E-state index < -0.39 is 0 Å². The summed E-state index contributed by atoms with van der Waals surface area (Å²) in [6.45, 7) is 1.92. The molecule has 1 unspecified atom stereocenters. The number of halogens is 1. The largest absolute Gasteiger partial charge is 0.497 e. The van der Waals surface area contributed by atoms with Crippen LogP contribution in [0.2, 0.25) is 0 Å². The van der Waals surface area contributed by atoms with Crippen molar-refractivity contribution in [3.8, 4) is 11.5 Å². The summed E-state index contributed by atoms with van der Waals surface area (Å²) in [6, 6.07) is 9.59. The Hall–Kier alpha value is -1.42. The van der Waals surface area contributed by atoms with E-state index in [2.05, 4.69) is 15.9 Å². The topological polar surface area (TPSA) is 31.6 Å². The summed E-state index contributed by atoms with van der Waals surface area (Å²) in [5.74, 6) is 3.32. The number of benzene rings is 1. The highest BCUT2D eigenvalue weighted by molar-refractivity contribution is 9.09. The minimum Gasteiger partial charge on any atom is -0.497 e. The van der Waals surface area contributed by atoms with Gasteiger partial charge >= 0.3 is 0 Å². The molecule has 0 aliphatic carbocycles. The van der Waals surface area contributed by atoms with Crippen LogP contribution in [0.3, 0.4) is 0 Å². The molecule has 0 spiro atoms. The van der Waals surface area contributed by atoms with Crippen LogP contribution in [0.25, 0.3) is 0 Å². The SMILES string of the molecule is COc1ccc(OC)c(C(Br)c2ccc(C)o2)c1. The molecule has 0 aliphatic rings. The fourth-order valence-corrected chi connectivity index (χ4v) is 2.38. The first-order valence-corrected chi connectivity index (χ1v) is 6.49. The van der Waals surface area contributed by atoms with Gasteiger partial charge in [0.15, 0.2) is 0 Å². The third kappa shape index (κ3) is 2.53. The van der Waals surface area contributed by atoms with Crippen LogP contribution in [-0.4, -0.2) is 14.2 Å². The van der Waals surface area contributed by atoms with Gasteiger partial charge in [0.05, 0.1) is 14.2 Å². The summed E-state index contributed by atoms with van der Waals surface area (Å²) in [5, 5.41) is 0. The summed E-state index contributed by atoms with van der Waals surface area (Å²) in [4.78, 5) is -0.0590. The summed E-state index contributed by atoms with van der Waals surface area (Å²) in [5.41, 5.74) is 0.978. The lowest BCUT2D eigenvalue weighted by molar-refractivity contribution is 0.397. The summed E-state index contributed by atoms with van der Waals surface area (Å²) in [6.07, 6.45) is 0. The predicted molar refractivity (Wildman–Crippen MR) is 73.8 cm³/mol. The third-order valence-corrected chi connectivity index (χ3v) is 3.67. The monoisotopic (exact) mass is 310 g/mol. The van der Waals surface area contributed by atoms with Crippen LogP contribution < -0.4 is 9.47 Å². The Morgan fingerprint density at radius 3 is 2.44 bits per heavy atom.